The highest BCUT2D eigenvalue weighted by Gasteiger charge is 2.36. The summed E-state index contributed by atoms with van der Waals surface area (Å²) in [5.74, 6) is -1.92. The number of hydrogen-bond donors (Lipinski definition) is 1. The molecule has 1 amide bonds. The number of anilines is 1. The van der Waals surface area contributed by atoms with Gasteiger partial charge < -0.3 is 10.1 Å². The first-order valence-corrected chi connectivity index (χ1v) is 9.30. The molecule has 162 valence electrons. The Kier molecular flexibility index (Phi) is 6.17. The second-order valence-corrected chi connectivity index (χ2v) is 7.07. The van der Waals surface area contributed by atoms with Crippen LogP contribution >= 0.6 is 11.6 Å². The molecule has 10 heteroatoms. The molecule has 31 heavy (non-hydrogen) atoms. The number of aryl methyl sites for hydroxylation is 2. The number of nitrogens with zero attached hydrogens (tertiary/aromatic N) is 2. The molecule has 0 fully saturated rings. The van der Waals surface area contributed by atoms with Crippen LogP contribution in [0.5, 0.6) is 11.5 Å². The molecule has 3 rings (SSSR count). The van der Waals surface area contributed by atoms with E-state index in [9.17, 15) is 22.4 Å². The summed E-state index contributed by atoms with van der Waals surface area (Å²) < 4.78 is 59.4. The lowest BCUT2D eigenvalue weighted by Gasteiger charge is -2.19. The Hall–Kier alpha value is -3.20. The van der Waals surface area contributed by atoms with Crippen LogP contribution in [0.25, 0.3) is 0 Å². The van der Waals surface area contributed by atoms with Crippen LogP contribution in [0, 0.1) is 26.7 Å². The van der Waals surface area contributed by atoms with Crippen molar-refractivity contribution in [3.8, 4) is 11.5 Å². The predicted octanol–water partition coefficient (Wildman–Crippen LogP) is 6.26. The molecule has 0 atom stereocenters. The zero-order chi connectivity index (χ0) is 22.9. The minimum Gasteiger partial charge on any atom is -0.455 e. The van der Waals surface area contributed by atoms with Crippen LogP contribution < -0.4 is 10.1 Å². The van der Waals surface area contributed by atoms with Gasteiger partial charge in [0, 0.05) is 17.6 Å². The van der Waals surface area contributed by atoms with E-state index in [2.05, 4.69) is 15.3 Å². The SMILES string of the molecule is Cc1cc(NC(=O)c2c(Oc3ccc(F)nc3C)cc(C(F)(F)F)c(Cl)c2C)ccn1. The molecule has 0 saturated carbocycles. The van der Waals surface area contributed by atoms with Gasteiger partial charge in [-0.2, -0.15) is 17.6 Å². The number of hydrogen-bond acceptors (Lipinski definition) is 4. The highest BCUT2D eigenvalue weighted by atomic mass is 35.5. The predicted molar refractivity (Wildman–Crippen MR) is 107 cm³/mol. The molecule has 0 unspecified atom stereocenters. The average Bonchev–Trinajstić information content (AvgIpc) is 2.65. The topological polar surface area (TPSA) is 64.1 Å². The van der Waals surface area contributed by atoms with Crippen molar-refractivity contribution in [2.75, 3.05) is 5.32 Å². The number of ether oxygens (including phenoxy) is 1. The standard InChI is InChI=1S/C21H16ClF4N3O2/c1-10-8-13(6-7-27-10)29-20(30)18-11(2)19(22)14(21(24,25)26)9-16(18)31-15-4-5-17(23)28-12(15)3/h4-9H,1-3H3,(H,27,29,30). The molecule has 0 aliphatic heterocycles. The van der Waals surface area contributed by atoms with E-state index < -0.39 is 34.4 Å². The third-order valence-electron chi connectivity index (χ3n) is 4.37. The Balaban J connectivity index is 2.13. The van der Waals surface area contributed by atoms with Gasteiger partial charge in [0.2, 0.25) is 5.95 Å². The molecular formula is C21H16ClF4N3O2. The fourth-order valence-corrected chi connectivity index (χ4v) is 3.15. The van der Waals surface area contributed by atoms with Gasteiger partial charge in [-0.25, -0.2) is 4.98 Å². The minimum atomic E-state index is -4.78. The highest BCUT2D eigenvalue weighted by Crippen LogP contribution is 2.42. The Morgan fingerprint density at radius 2 is 1.81 bits per heavy atom. The maximum absolute atomic E-state index is 13.5. The molecule has 1 N–H and O–H groups in total. The molecule has 0 saturated heterocycles. The third-order valence-corrected chi connectivity index (χ3v) is 4.86. The van der Waals surface area contributed by atoms with Gasteiger partial charge >= 0.3 is 6.18 Å². The molecule has 5 nitrogen and oxygen atoms in total. The first-order valence-electron chi connectivity index (χ1n) is 8.92. The monoisotopic (exact) mass is 453 g/mol. The van der Waals surface area contributed by atoms with Gasteiger partial charge in [0.15, 0.2) is 0 Å². The van der Waals surface area contributed by atoms with Gasteiger partial charge in [-0.15, -0.1) is 0 Å². The summed E-state index contributed by atoms with van der Waals surface area (Å²) in [4.78, 5) is 20.6. The van der Waals surface area contributed by atoms with E-state index in [0.717, 1.165) is 6.07 Å². The van der Waals surface area contributed by atoms with Crippen LogP contribution in [0.1, 0.15) is 32.9 Å². The number of carbonyl (C=O) groups is 1. The number of nitrogens with one attached hydrogen (secondary N) is 1. The van der Waals surface area contributed by atoms with E-state index in [4.69, 9.17) is 16.3 Å². The first-order chi connectivity index (χ1) is 14.5. The van der Waals surface area contributed by atoms with Gasteiger partial charge in [0.05, 0.1) is 21.8 Å². The number of amides is 1. The molecule has 2 aromatic heterocycles. The van der Waals surface area contributed by atoms with Crippen molar-refractivity contribution >= 4 is 23.2 Å². The summed E-state index contributed by atoms with van der Waals surface area (Å²) in [6.45, 7) is 4.42. The van der Waals surface area contributed by atoms with Crippen LogP contribution in [-0.4, -0.2) is 15.9 Å². The van der Waals surface area contributed by atoms with E-state index >= 15 is 0 Å². The normalized spacial score (nSPS) is 11.4. The Morgan fingerprint density at radius 3 is 2.42 bits per heavy atom. The van der Waals surface area contributed by atoms with Crippen molar-refractivity contribution in [2.24, 2.45) is 0 Å². The van der Waals surface area contributed by atoms with E-state index in [1.165, 1.54) is 32.2 Å². The largest absolute Gasteiger partial charge is 0.455 e. The lowest BCUT2D eigenvalue weighted by atomic mass is 10.0. The summed E-state index contributed by atoms with van der Waals surface area (Å²) in [6, 6.07) is 5.97. The van der Waals surface area contributed by atoms with Crippen LogP contribution in [-0.2, 0) is 6.18 Å². The summed E-state index contributed by atoms with van der Waals surface area (Å²) in [5.41, 5.74) is -0.371. The van der Waals surface area contributed by atoms with Crippen molar-refractivity contribution in [1.82, 2.24) is 9.97 Å². The van der Waals surface area contributed by atoms with Gasteiger partial charge in [0.1, 0.15) is 11.5 Å². The quantitative estimate of drug-likeness (QED) is 0.374. The van der Waals surface area contributed by atoms with E-state index in [-0.39, 0.29) is 22.6 Å². The summed E-state index contributed by atoms with van der Waals surface area (Å²) in [6.07, 6.45) is -3.31. The Morgan fingerprint density at radius 1 is 1.10 bits per heavy atom. The summed E-state index contributed by atoms with van der Waals surface area (Å²) in [7, 11) is 0. The van der Waals surface area contributed by atoms with Gasteiger partial charge in [-0.05, 0) is 56.7 Å². The number of alkyl halides is 3. The Bertz CT molecular complexity index is 1170. The molecular weight excluding hydrogens is 438 g/mol. The number of pyridine rings is 2. The van der Waals surface area contributed by atoms with Gasteiger partial charge in [-0.3, -0.25) is 9.78 Å². The number of carbonyl (C=O) groups excluding carboxylic acids is 1. The molecule has 0 bridgehead atoms. The first kappa shape index (κ1) is 22.5. The van der Waals surface area contributed by atoms with Crippen LogP contribution in [0.4, 0.5) is 23.2 Å². The van der Waals surface area contributed by atoms with E-state index in [0.29, 0.717) is 17.4 Å². The lowest BCUT2D eigenvalue weighted by Crippen LogP contribution is -2.17. The maximum atomic E-state index is 13.5. The molecule has 2 heterocycles. The molecule has 3 aromatic rings. The van der Waals surface area contributed by atoms with E-state index in [1.807, 2.05) is 0 Å². The fraction of sp³-hybridized carbons (Fsp3) is 0.190. The van der Waals surface area contributed by atoms with Crippen molar-refractivity contribution in [3.63, 3.8) is 0 Å². The molecule has 0 aliphatic rings. The molecule has 1 aromatic carbocycles. The molecule has 0 spiro atoms. The van der Waals surface area contributed by atoms with Gasteiger partial charge in [0.25, 0.3) is 5.91 Å². The maximum Gasteiger partial charge on any atom is 0.417 e. The number of halogens is 5. The zero-order valence-electron chi connectivity index (χ0n) is 16.6. The third kappa shape index (κ3) is 4.93. The Labute approximate surface area is 180 Å². The van der Waals surface area contributed by atoms with Crippen molar-refractivity contribution in [3.05, 3.63) is 75.6 Å². The van der Waals surface area contributed by atoms with Crippen LogP contribution in [0.3, 0.4) is 0 Å². The number of aromatic nitrogens is 2. The number of benzene rings is 1. The highest BCUT2D eigenvalue weighted by molar-refractivity contribution is 6.33. The van der Waals surface area contributed by atoms with Crippen molar-refractivity contribution in [1.29, 1.82) is 0 Å². The second kappa shape index (κ2) is 8.50. The summed E-state index contributed by atoms with van der Waals surface area (Å²) in [5, 5.41) is 1.98. The van der Waals surface area contributed by atoms with Crippen molar-refractivity contribution < 1.29 is 27.1 Å². The zero-order valence-corrected chi connectivity index (χ0v) is 17.3. The number of rotatable bonds is 4. The van der Waals surface area contributed by atoms with Crippen molar-refractivity contribution in [2.45, 2.75) is 26.9 Å². The average molecular weight is 454 g/mol. The molecule has 0 radical (unpaired) electrons. The second-order valence-electron chi connectivity index (χ2n) is 6.69. The van der Waals surface area contributed by atoms with Crippen LogP contribution in [0.2, 0.25) is 5.02 Å². The minimum absolute atomic E-state index is 0.00921. The lowest BCUT2D eigenvalue weighted by molar-refractivity contribution is -0.137. The van der Waals surface area contributed by atoms with Crippen LogP contribution in [0.15, 0.2) is 36.5 Å². The van der Waals surface area contributed by atoms with Gasteiger partial charge in [-0.1, -0.05) is 11.6 Å². The fourth-order valence-electron chi connectivity index (χ4n) is 2.89. The smallest absolute Gasteiger partial charge is 0.417 e. The summed E-state index contributed by atoms with van der Waals surface area (Å²) >= 11 is 5.95. The van der Waals surface area contributed by atoms with E-state index in [1.54, 1.807) is 13.0 Å². The molecule has 0 aliphatic carbocycles.